The molecule has 1 aromatic heterocycles. The number of carbonyl (C=O) groups is 1. The summed E-state index contributed by atoms with van der Waals surface area (Å²) in [5.41, 5.74) is 7.20. The summed E-state index contributed by atoms with van der Waals surface area (Å²) < 4.78 is 6.66. The van der Waals surface area contributed by atoms with Crippen LogP contribution in [0.15, 0.2) is 6.07 Å². The molecule has 0 fully saturated rings. The lowest BCUT2D eigenvalue weighted by molar-refractivity contribution is -0.146. The summed E-state index contributed by atoms with van der Waals surface area (Å²) in [7, 11) is 1.36. The summed E-state index contributed by atoms with van der Waals surface area (Å²) in [5, 5.41) is 4.39. The Hall–Kier alpha value is -1.36. The highest BCUT2D eigenvalue weighted by Gasteiger charge is 2.28. The van der Waals surface area contributed by atoms with Crippen LogP contribution >= 0.6 is 0 Å². The Bertz CT molecular complexity index is 410. The lowest BCUT2D eigenvalue weighted by Crippen LogP contribution is -2.45. The van der Waals surface area contributed by atoms with Crippen LogP contribution < -0.4 is 5.73 Å². The van der Waals surface area contributed by atoms with Gasteiger partial charge in [0.25, 0.3) is 0 Å². The van der Waals surface area contributed by atoms with E-state index in [9.17, 15) is 4.79 Å². The molecule has 0 radical (unpaired) electrons. The first kappa shape index (κ1) is 14.7. The molecule has 0 spiro atoms. The Balaban J connectivity index is 2.35. The third-order valence-electron chi connectivity index (χ3n) is 3.07. The first-order valence-corrected chi connectivity index (χ1v) is 6.25. The molecule has 1 aromatic rings. The molecule has 0 aliphatic heterocycles. The second kappa shape index (κ2) is 6.00. The first-order chi connectivity index (χ1) is 8.36. The number of hydrogen-bond acceptors (Lipinski definition) is 4. The molecule has 1 atom stereocenters. The number of esters is 1. The molecule has 1 rings (SSSR count). The van der Waals surface area contributed by atoms with Crippen LogP contribution in [0.1, 0.15) is 37.6 Å². The second-order valence-corrected chi connectivity index (χ2v) is 5.02. The Kier molecular flexibility index (Phi) is 4.90. The molecule has 0 aromatic carbocycles. The Morgan fingerprint density at radius 1 is 1.50 bits per heavy atom. The maximum atomic E-state index is 11.4. The van der Waals surface area contributed by atoms with E-state index in [-0.39, 0.29) is 5.97 Å². The van der Waals surface area contributed by atoms with E-state index in [1.807, 2.05) is 18.5 Å². The maximum Gasteiger partial charge on any atom is 0.325 e. The predicted octanol–water partition coefficient (Wildman–Crippen LogP) is 1.56. The number of methoxy groups -OCH3 is 1. The van der Waals surface area contributed by atoms with Crippen molar-refractivity contribution in [3.63, 3.8) is 0 Å². The number of rotatable bonds is 6. The normalized spacial score (nSPS) is 14.3. The highest BCUT2D eigenvalue weighted by Crippen LogP contribution is 2.13. The molecule has 0 aliphatic rings. The molecule has 0 saturated carbocycles. The molecule has 0 bridgehead atoms. The number of hydrogen-bond donors (Lipinski definition) is 1. The van der Waals surface area contributed by atoms with Gasteiger partial charge in [-0.05, 0) is 46.1 Å². The molecular weight excluding hydrogens is 230 g/mol. The van der Waals surface area contributed by atoms with Gasteiger partial charge in [0.05, 0.1) is 12.8 Å². The largest absolute Gasteiger partial charge is 0.468 e. The van der Waals surface area contributed by atoms with Gasteiger partial charge in [-0.25, -0.2) is 0 Å². The number of ether oxygens (including phenoxy) is 1. The van der Waals surface area contributed by atoms with E-state index >= 15 is 0 Å². The average Bonchev–Trinajstić information content (AvgIpc) is 2.62. The van der Waals surface area contributed by atoms with Gasteiger partial charge in [-0.15, -0.1) is 0 Å². The van der Waals surface area contributed by atoms with E-state index in [1.54, 1.807) is 6.92 Å². The van der Waals surface area contributed by atoms with Gasteiger partial charge in [0.1, 0.15) is 5.54 Å². The lowest BCUT2D eigenvalue weighted by Gasteiger charge is -2.21. The van der Waals surface area contributed by atoms with Gasteiger partial charge in [0.15, 0.2) is 0 Å². The molecule has 0 amide bonds. The van der Waals surface area contributed by atoms with Crippen molar-refractivity contribution in [2.45, 2.75) is 52.1 Å². The van der Waals surface area contributed by atoms with Crippen LogP contribution in [0, 0.1) is 13.8 Å². The minimum atomic E-state index is -0.885. The van der Waals surface area contributed by atoms with Crippen LogP contribution in [0.5, 0.6) is 0 Å². The number of nitrogens with zero attached hydrogens (tertiary/aromatic N) is 2. The Morgan fingerprint density at radius 2 is 2.17 bits per heavy atom. The van der Waals surface area contributed by atoms with E-state index < -0.39 is 5.54 Å². The van der Waals surface area contributed by atoms with E-state index in [1.165, 1.54) is 7.11 Å². The van der Waals surface area contributed by atoms with Crippen LogP contribution in [-0.4, -0.2) is 28.4 Å². The summed E-state index contributed by atoms with van der Waals surface area (Å²) >= 11 is 0. The molecule has 5 heteroatoms. The molecule has 1 unspecified atom stereocenters. The molecule has 18 heavy (non-hydrogen) atoms. The van der Waals surface area contributed by atoms with Crippen molar-refractivity contribution in [3.05, 3.63) is 17.5 Å². The fourth-order valence-corrected chi connectivity index (χ4v) is 1.99. The smallest absolute Gasteiger partial charge is 0.325 e. The van der Waals surface area contributed by atoms with E-state index in [0.29, 0.717) is 6.42 Å². The van der Waals surface area contributed by atoms with Gasteiger partial charge in [-0.2, -0.15) is 5.10 Å². The van der Waals surface area contributed by atoms with Gasteiger partial charge < -0.3 is 10.5 Å². The Labute approximate surface area is 108 Å². The van der Waals surface area contributed by atoms with Crippen molar-refractivity contribution in [3.8, 4) is 0 Å². The summed E-state index contributed by atoms with van der Waals surface area (Å²) in [6.07, 6.45) is 2.45. The van der Waals surface area contributed by atoms with E-state index in [2.05, 4.69) is 15.9 Å². The third kappa shape index (κ3) is 3.84. The molecular formula is C13H23N3O2. The molecule has 0 aliphatic carbocycles. The predicted molar refractivity (Wildman–Crippen MR) is 70.2 cm³/mol. The standard InChI is InChI=1S/C13H23N3O2/c1-10-9-11(2)16(15-10)8-6-5-7-13(3,14)12(17)18-4/h9H,5-8,14H2,1-4H3. The topological polar surface area (TPSA) is 70.1 Å². The second-order valence-electron chi connectivity index (χ2n) is 5.02. The zero-order valence-electron chi connectivity index (χ0n) is 11.7. The first-order valence-electron chi connectivity index (χ1n) is 6.25. The average molecular weight is 253 g/mol. The van der Waals surface area contributed by atoms with Gasteiger partial charge in [-0.1, -0.05) is 0 Å². The highest BCUT2D eigenvalue weighted by atomic mass is 16.5. The van der Waals surface area contributed by atoms with Crippen molar-refractivity contribution in [2.75, 3.05) is 7.11 Å². The number of aromatic nitrogens is 2. The van der Waals surface area contributed by atoms with Crippen molar-refractivity contribution >= 4 is 5.97 Å². The minimum Gasteiger partial charge on any atom is -0.468 e. The summed E-state index contributed by atoms with van der Waals surface area (Å²) in [4.78, 5) is 11.4. The third-order valence-corrected chi connectivity index (χ3v) is 3.07. The minimum absolute atomic E-state index is 0.353. The maximum absolute atomic E-state index is 11.4. The van der Waals surface area contributed by atoms with Crippen molar-refractivity contribution < 1.29 is 9.53 Å². The number of nitrogens with two attached hydrogens (primary N) is 1. The van der Waals surface area contributed by atoms with Crippen molar-refractivity contribution in [1.29, 1.82) is 0 Å². The van der Waals surface area contributed by atoms with E-state index in [0.717, 1.165) is 30.8 Å². The van der Waals surface area contributed by atoms with Gasteiger partial charge in [-0.3, -0.25) is 9.48 Å². The molecule has 1 heterocycles. The summed E-state index contributed by atoms with van der Waals surface area (Å²) in [5.74, 6) is -0.353. The zero-order chi connectivity index (χ0) is 13.8. The van der Waals surface area contributed by atoms with Crippen LogP contribution in [0.2, 0.25) is 0 Å². The molecule has 0 saturated heterocycles. The van der Waals surface area contributed by atoms with Crippen LogP contribution in [0.25, 0.3) is 0 Å². The van der Waals surface area contributed by atoms with Gasteiger partial charge in [0.2, 0.25) is 0 Å². The fourth-order valence-electron chi connectivity index (χ4n) is 1.99. The van der Waals surface area contributed by atoms with Gasteiger partial charge in [0, 0.05) is 12.2 Å². The zero-order valence-corrected chi connectivity index (χ0v) is 11.7. The lowest BCUT2D eigenvalue weighted by atomic mass is 9.96. The SMILES string of the molecule is COC(=O)C(C)(N)CCCCn1nc(C)cc1C. The highest BCUT2D eigenvalue weighted by molar-refractivity contribution is 5.79. The molecule has 5 nitrogen and oxygen atoms in total. The molecule has 2 N–H and O–H groups in total. The fraction of sp³-hybridized carbons (Fsp3) is 0.692. The number of carbonyl (C=O) groups excluding carboxylic acids is 1. The summed E-state index contributed by atoms with van der Waals surface area (Å²) in [6, 6.07) is 2.06. The quantitative estimate of drug-likeness (QED) is 0.617. The van der Waals surface area contributed by atoms with Crippen LogP contribution in [-0.2, 0) is 16.1 Å². The summed E-state index contributed by atoms with van der Waals surface area (Å²) in [6.45, 7) is 6.60. The number of aryl methyl sites for hydroxylation is 3. The van der Waals surface area contributed by atoms with Crippen LogP contribution in [0.4, 0.5) is 0 Å². The molecule has 102 valence electrons. The van der Waals surface area contributed by atoms with Crippen molar-refractivity contribution in [2.24, 2.45) is 5.73 Å². The monoisotopic (exact) mass is 253 g/mol. The van der Waals surface area contributed by atoms with Crippen molar-refractivity contribution in [1.82, 2.24) is 9.78 Å². The van der Waals surface area contributed by atoms with Crippen LogP contribution in [0.3, 0.4) is 0 Å². The Morgan fingerprint density at radius 3 is 2.67 bits per heavy atom. The van der Waals surface area contributed by atoms with E-state index in [4.69, 9.17) is 5.73 Å². The van der Waals surface area contributed by atoms with Gasteiger partial charge >= 0.3 is 5.97 Å². The number of unbranched alkanes of at least 4 members (excludes halogenated alkanes) is 1.